The van der Waals surface area contributed by atoms with Crippen molar-refractivity contribution in [2.75, 3.05) is 24.2 Å². The molecule has 14 heavy (non-hydrogen) atoms. The summed E-state index contributed by atoms with van der Waals surface area (Å²) in [6.45, 7) is 5.07. The van der Waals surface area contributed by atoms with Crippen molar-refractivity contribution in [3.63, 3.8) is 0 Å². The van der Waals surface area contributed by atoms with Crippen LogP contribution in [-0.4, -0.2) is 18.3 Å². The maximum atomic E-state index is 8.64. The molecule has 3 heteroatoms. The third-order valence-corrected chi connectivity index (χ3v) is 2.32. The molecule has 4 N–H and O–H groups in total. The summed E-state index contributed by atoms with van der Waals surface area (Å²) in [7, 11) is 0. The number of aryl methyl sites for hydroxylation is 2. The highest BCUT2D eigenvalue weighted by atomic mass is 16.3. The lowest BCUT2D eigenvalue weighted by molar-refractivity contribution is 0.292. The zero-order valence-corrected chi connectivity index (χ0v) is 8.80. The van der Waals surface area contributed by atoms with Crippen LogP contribution in [0.3, 0.4) is 0 Å². The molecule has 0 aliphatic rings. The number of aliphatic hydroxyl groups is 1. The number of nitrogens with two attached hydrogens (primary N) is 1. The molecule has 0 radical (unpaired) electrons. The van der Waals surface area contributed by atoms with Crippen LogP contribution in [0.5, 0.6) is 0 Å². The monoisotopic (exact) mass is 194 g/mol. The zero-order valence-electron chi connectivity index (χ0n) is 8.80. The van der Waals surface area contributed by atoms with Crippen molar-refractivity contribution in [3.8, 4) is 0 Å². The summed E-state index contributed by atoms with van der Waals surface area (Å²) >= 11 is 0. The molecule has 0 fully saturated rings. The largest absolute Gasteiger partial charge is 0.397 e. The average molecular weight is 194 g/mol. The molecular formula is C11H18N2O. The van der Waals surface area contributed by atoms with Crippen molar-refractivity contribution in [2.45, 2.75) is 20.3 Å². The van der Waals surface area contributed by atoms with Gasteiger partial charge >= 0.3 is 0 Å². The van der Waals surface area contributed by atoms with Crippen molar-refractivity contribution in [2.24, 2.45) is 0 Å². The molecule has 1 aromatic carbocycles. The number of hydrogen-bond donors (Lipinski definition) is 3. The highest BCUT2D eigenvalue weighted by molar-refractivity contribution is 5.68. The van der Waals surface area contributed by atoms with Gasteiger partial charge in [0.25, 0.3) is 0 Å². The molecule has 0 heterocycles. The Morgan fingerprint density at radius 1 is 1.29 bits per heavy atom. The maximum Gasteiger partial charge on any atom is 0.0576 e. The summed E-state index contributed by atoms with van der Waals surface area (Å²) in [5.74, 6) is 0. The van der Waals surface area contributed by atoms with E-state index in [0.29, 0.717) is 0 Å². The first-order valence-corrected chi connectivity index (χ1v) is 4.86. The van der Waals surface area contributed by atoms with E-state index in [-0.39, 0.29) is 6.61 Å². The first kappa shape index (κ1) is 10.9. The Bertz CT molecular complexity index is 310. The molecule has 0 unspecified atom stereocenters. The Kier molecular flexibility index (Phi) is 3.77. The maximum absolute atomic E-state index is 8.64. The van der Waals surface area contributed by atoms with Crippen LogP contribution in [0, 0.1) is 13.8 Å². The molecule has 0 aliphatic heterocycles. The molecule has 1 aromatic rings. The van der Waals surface area contributed by atoms with Crippen molar-refractivity contribution >= 4 is 11.4 Å². The summed E-state index contributed by atoms with van der Waals surface area (Å²) in [6.07, 6.45) is 0.742. The summed E-state index contributed by atoms with van der Waals surface area (Å²) in [5, 5.41) is 11.8. The minimum absolute atomic E-state index is 0.206. The molecule has 0 spiro atoms. The first-order valence-electron chi connectivity index (χ1n) is 4.86. The normalized spacial score (nSPS) is 10.2. The second-order valence-electron chi connectivity index (χ2n) is 3.53. The Balaban J connectivity index is 2.72. The van der Waals surface area contributed by atoms with Crippen LogP contribution < -0.4 is 11.1 Å². The number of benzene rings is 1. The van der Waals surface area contributed by atoms with Crippen LogP contribution in [0.4, 0.5) is 11.4 Å². The molecular weight excluding hydrogens is 176 g/mol. The van der Waals surface area contributed by atoms with Gasteiger partial charge in [-0.25, -0.2) is 0 Å². The van der Waals surface area contributed by atoms with Gasteiger partial charge in [0.15, 0.2) is 0 Å². The van der Waals surface area contributed by atoms with Crippen LogP contribution in [0.15, 0.2) is 12.1 Å². The molecule has 3 nitrogen and oxygen atoms in total. The highest BCUT2D eigenvalue weighted by Crippen LogP contribution is 2.22. The fraction of sp³-hybridized carbons (Fsp3) is 0.455. The van der Waals surface area contributed by atoms with Gasteiger partial charge in [-0.3, -0.25) is 0 Å². The third kappa shape index (κ3) is 2.64. The highest BCUT2D eigenvalue weighted by Gasteiger charge is 2.01. The minimum atomic E-state index is 0.206. The van der Waals surface area contributed by atoms with Crippen molar-refractivity contribution < 1.29 is 5.11 Å². The summed E-state index contributed by atoms with van der Waals surface area (Å²) < 4.78 is 0. The minimum Gasteiger partial charge on any atom is -0.397 e. The van der Waals surface area contributed by atoms with E-state index >= 15 is 0 Å². The first-order chi connectivity index (χ1) is 6.65. The molecule has 0 saturated heterocycles. The van der Waals surface area contributed by atoms with Gasteiger partial charge in [0.1, 0.15) is 0 Å². The lowest BCUT2D eigenvalue weighted by atomic mass is 10.1. The van der Waals surface area contributed by atoms with Crippen molar-refractivity contribution in [1.82, 2.24) is 0 Å². The predicted octanol–water partition coefficient (Wildman–Crippen LogP) is 1.68. The number of aliphatic hydroxyl groups excluding tert-OH is 1. The lowest BCUT2D eigenvalue weighted by Gasteiger charge is -2.11. The fourth-order valence-electron chi connectivity index (χ4n) is 1.29. The van der Waals surface area contributed by atoms with Crippen molar-refractivity contribution in [3.05, 3.63) is 23.3 Å². The Morgan fingerprint density at radius 2 is 1.93 bits per heavy atom. The Labute approximate surface area is 84.9 Å². The van der Waals surface area contributed by atoms with Gasteiger partial charge in [0.05, 0.1) is 11.4 Å². The van der Waals surface area contributed by atoms with Gasteiger partial charge in [0, 0.05) is 13.2 Å². The van der Waals surface area contributed by atoms with E-state index in [1.165, 1.54) is 11.1 Å². The molecule has 0 bridgehead atoms. The van der Waals surface area contributed by atoms with E-state index in [9.17, 15) is 0 Å². The number of hydrogen-bond acceptors (Lipinski definition) is 3. The SMILES string of the molecule is Cc1cc(N)c(NCCCO)cc1C. The standard InChI is InChI=1S/C11H18N2O/c1-8-6-10(12)11(7-9(8)2)13-4-3-5-14/h6-7,13-14H,3-5,12H2,1-2H3. The smallest absolute Gasteiger partial charge is 0.0576 e. The Morgan fingerprint density at radius 3 is 2.57 bits per heavy atom. The summed E-state index contributed by atoms with van der Waals surface area (Å²) in [6, 6.07) is 4.01. The van der Waals surface area contributed by atoms with Gasteiger partial charge < -0.3 is 16.2 Å². The molecule has 0 aliphatic carbocycles. The second-order valence-corrected chi connectivity index (χ2v) is 3.53. The van der Waals surface area contributed by atoms with Gasteiger partial charge in [-0.05, 0) is 43.5 Å². The van der Waals surface area contributed by atoms with E-state index in [1.54, 1.807) is 0 Å². The fourth-order valence-corrected chi connectivity index (χ4v) is 1.29. The van der Waals surface area contributed by atoms with Crippen LogP contribution in [-0.2, 0) is 0 Å². The predicted molar refractivity (Wildman–Crippen MR) is 60.5 cm³/mol. The topological polar surface area (TPSA) is 58.3 Å². The number of nitrogens with one attached hydrogen (secondary N) is 1. The quantitative estimate of drug-likeness (QED) is 0.505. The molecule has 78 valence electrons. The molecule has 1 rings (SSSR count). The van der Waals surface area contributed by atoms with Crippen LogP contribution >= 0.6 is 0 Å². The Hall–Kier alpha value is -1.22. The average Bonchev–Trinajstić information content (AvgIpc) is 2.14. The van der Waals surface area contributed by atoms with Gasteiger partial charge in [-0.1, -0.05) is 0 Å². The van der Waals surface area contributed by atoms with Crippen LogP contribution in [0.25, 0.3) is 0 Å². The van der Waals surface area contributed by atoms with Crippen LogP contribution in [0.2, 0.25) is 0 Å². The third-order valence-electron chi connectivity index (χ3n) is 2.32. The molecule has 0 atom stereocenters. The number of rotatable bonds is 4. The van der Waals surface area contributed by atoms with Crippen LogP contribution in [0.1, 0.15) is 17.5 Å². The summed E-state index contributed by atoms with van der Waals surface area (Å²) in [4.78, 5) is 0. The van der Waals surface area contributed by atoms with E-state index in [0.717, 1.165) is 24.3 Å². The van der Waals surface area contributed by atoms with Crippen molar-refractivity contribution in [1.29, 1.82) is 0 Å². The number of nitrogen functional groups attached to an aromatic ring is 1. The number of anilines is 2. The molecule has 0 amide bonds. The molecule has 0 saturated carbocycles. The van der Waals surface area contributed by atoms with Gasteiger partial charge in [-0.2, -0.15) is 0 Å². The van der Waals surface area contributed by atoms with Gasteiger partial charge in [-0.15, -0.1) is 0 Å². The molecule has 0 aromatic heterocycles. The van der Waals surface area contributed by atoms with E-state index in [1.807, 2.05) is 19.1 Å². The zero-order chi connectivity index (χ0) is 10.6. The van der Waals surface area contributed by atoms with E-state index in [2.05, 4.69) is 12.2 Å². The van der Waals surface area contributed by atoms with E-state index in [4.69, 9.17) is 10.8 Å². The van der Waals surface area contributed by atoms with Gasteiger partial charge in [0.2, 0.25) is 0 Å². The second kappa shape index (κ2) is 4.86. The lowest BCUT2D eigenvalue weighted by Crippen LogP contribution is -2.06. The van der Waals surface area contributed by atoms with E-state index < -0.39 is 0 Å². The summed E-state index contributed by atoms with van der Waals surface area (Å²) in [5.41, 5.74) is 10.0.